The molecule has 0 bridgehead atoms. The zero-order valence-corrected chi connectivity index (χ0v) is 11.8. The van der Waals surface area contributed by atoms with Crippen molar-refractivity contribution >= 4 is 11.8 Å². The van der Waals surface area contributed by atoms with Gasteiger partial charge in [0.25, 0.3) is 0 Å². The SMILES string of the molecule is CC1(CNC2CCSc3ccccc32)CCCO1. The highest BCUT2D eigenvalue weighted by Gasteiger charge is 2.31. The lowest BCUT2D eigenvalue weighted by Crippen LogP contribution is -2.39. The Morgan fingerprint density at radius 3 is 3.17 bits per heavy atom. The molecular formula is C15H21NOS. The van der Waals surface area contributed by atoms with Gasteiger partial charge in [-0.05, 0) is 43.6 Å². The first-order chi connectivity index (χ1) is 8.77. The molecule has 1 aromatic carbocycles. The van der Waals surface area contributed by atoms with Crippen molar-refractivity contribution in [3.05, 3.63) is 29.8 Å². The summed E-state index contributed by atoms with van der Waals surface area (Å²) in [5.41, 5.74) is 1.52. The Morgan fingerprint density at radius 1 is 1.44 bits per heavy atom. The van der Waals surface area contributed by atoms with Gasteiger partial charge in [0.05, 0.1) is 5.60 Å². The van der Waals surface area contributed by atoms with Crippen LogP contribution in [0.5, 0.6) is 0 Å². The van der Waals surface area contributed by atoms with Gasteiger partial charge in [-0.1, -0.05) is 18.2 Å². The molecule has 2 aliphatic rings. The van der Waals surface area contributed by atoms with Crippen LogP contribution in [-0.2, 0) is 4.74 Å². The maximum Gasteiger partial charge on any atom is 0.0779 e. The smallest absolute Gasteiger partial charge is 0.0779 e. The van der Waals surface area contributed by atoms with E-state index in [1.807, 2.05) is 11.8 Å². The van der Waals surface area contributed by atoms with Gasteiger partial charge in [0.1, 0.15) is 0 Å². The molecule has 1 saturated heterocycles. The Labute approximate surface area is 113 Å². The van der Waals surface area contributed by atoms with Gasteiger partial charge < -0.3 is 10.1 Å². The lowest BCUT2D eigenvalue weighted by molar-refractivity contribution is 0.0185. The number of thioether (sulfide) groups is 1. The summed E-state index contributed by atoms with van der Waals surface area (Å²) in [7, 11) is 0. The van der Waals surface area contributed by atoms with E-state index in [-0.39, 0.29) is 5.60 Å². The third-order valence-corrected chi connectivity index (χ3v) is 5.10. The maximum absolute atomic E-state index is 5.85. The molecule has 0 aromatic heterocycles. The monoisotopic (exact) mass is 263 g/mol. The fraction of sp³-hybridized carbons (Fsp3) is 0.600. The van der Waals surface area contributed by atoms with Gasteiger partial charge in [-0.15, -0.1) is 11.8 Å². The summed E-state index contributed by atoms with van der Waals surface area (Å²) in [6.07, 6.45) is 3.61. The third kappa shape index (κ3) is 2.58. The number of ether oxygens (including phenoxy) is 1. The average Bonchev–Trinajstić information content (AvgIpc) is 2.84. The predicted octanol–water partition coefficient (Wildman–Crippen LogP) is 3.38. The molecule has 3 heteroatoms. The molecule has 98 valence electrons. The van der Waals surface area contributed by atoms with Gasteiger partial charge in [0.2, 0.25) is 0 Å². The summed E-state index contributed by atoms with van der Waals surface area (Å²) < 4.78 is 5.85. The van der Waals surface area contributed by atoms with E-state index in [9.17, 15) is 0 Å². The minimum atomic E-state index is 0.0551. The molecule has 18 heavy (non-hydrogen) atoms. The fourth-order valence-corrected chi connectivity index (χ4v) is 3.99. The highest BCUT2D eigenvalue weighted by atomic mass is 32.2. The van der Waals surface area contributed by atoms with Crippen molar-refractivity contribution in [2.24, 2.45) is 0 Å². The van der Waals surface area contributed by atoms with E-state index in [4.69, 9.17) is 4.74 Å². The van der Waals surface area contributed by atoms with Gasteiger partial charge in [-0.2, -0.15) is 0 Å². The Balaban J connectivity index is 1.67. The van der Waals surface area contributed by atoms with Crippen LogP contribution >= 0.6 is 11.8 Å². The minimum Gasteiger partial charge on any atom is -0.374 e. The first-order valence-corrected chi connectivity index (χ1v) is 7.84. The van der Waals surface area contributed by atoms with Crippen molar-refractivity contribution in [3.8, 4) is 0 Å². The molecule has 0 saturated carbocycles. The lowest BCUT2D eigenvalue weighted by atomic mass is 9.99. The topological polar surface area (TPSA) is 21.3 Å². The highest BCUT2D eigenvalue weighted by molar-refractivity contribution is 7.99. The molecule has 2 heterocycles. The van der Waals surface area contributed by atoms with Gasteiger partial charge in [0.15, 0.2) is 0 Å². The number of fused-ring (bicyclic) bond motifs is 1. The van der Waals surface area contributed by atoms with Crippen LogP contribution in [-0.4, -0.2) is 24.5 Å². The van der Waals surface area contributed by atoms with Crippen molar-refractivity contribution in [2.45, 2.75) is 42.7 Å². The van der Waals surface area contributed by atoms with E-state index in [2.05, 4.69) is 36.5 Å². The first-order valence-electron chi connectivity index (χ1n) is 6.86. The molecule has 1 N–H and O–H groups in total. The molecule has 0 radical (unpaired) electrons. The second-order valence-electron chi connectivity index (χ2n) is 5.51. The quantitative estimate of drug-likeness (QED) is 0.903. The second kappa shape index (κ2) is 5.24. The van der Waals surface area contributed by atoms with Crippen LogP contribution in [0.25, 0.3) is 0 Å². The number of benzene rings is 1. The summed E-state index contributed by atoms with van der Waals surface area (Å²) >= 11 is 1.98. The molecule has 1 fully saturated rings. The molecule has 0 amide bonds. The lowest BCUT2D eigenvalue weighted by Gasteiger charge is -2.30. The molecule has 2 aliphatic heterocycles. The van der Waals surface area contributed by atoms with Gasteiger partial charge >= 0.3 is 0 Å². The second-order valence-corrected chi connectivity index (χ2v) is 6.65. The minimum absolute atomic E-state index is 0.0551. The van der Waals surface area contributed by atoms with E-state index in [0.29, 0.717) is 6.04 Å². The molecule has 3 rings (SSSR count). The first kappa shape index (κ1) is 12.5. The van der Waals surface area contributed by atoms with E-state index in [1.165, 1.54) is 35.5 Å². The Bertz CT molecular complexity index is 415. The van der Waals surface area contributed by atoms with Gasteiger partial charge in [-0.3, -0.25) is 0 Å². The van der Waals surface area contributed by atoms with E-state index in [1.54, 1.807) is 0 Å². The summed E-state index contributed by atoms with van der Waals surface area (Å²) in [5, 5.41) is 3.72. The van der Waals surface area contributed by atoms with Crippen molar-refractivity contribution in [3.63, 3.8) is 0 Å². The van der Waals surface area contributed by atoms with Crippen LogP contribution in [0.1, 0.15) is 37.8 Å². The summed E-state index contributed by atoms with van der Waals surface area (Å²) in [5.74, 6) is 1.21. The number of hydrogen-bond donors (Lipinski definition) is 1. The Hall–Kier alpha value is -0.510. The van der Waals surface area contributed by atoms with Crippen LogP contribution in [0.15, 0.2) is 29.2 Å². The largest absolute Gasteiger partial charge is 0.374 e. The number of nitrogens with one attached hydrogen (secondary N) is 1. The molecule has 0 aliphatic carbocycles. The van der Waals surface area contributed by atoms with Crippen LogP contribution in [0, 0.1) is 0 Å². The zero-order chi connectivity index (χ0) is 12.4. The number of hydrogen-bond acceptors (Lipinski definition) is 3. The van der Waals surface area contributed by atoms with Crippen LogP contribution < -0.4 is 5.32 Å². The number of rotatable bonds is 3. The summed E-state index contributed by atoms with van der Waals surface area (Å²) in [6, 6.07) is 9.28. The average molecular weight is 263 g/mol. The van der Waals surface area contributed by atoms with Crippen LogP contribution in [0.3, 0.4) is 0 Å². The Kier molecular flexibility index (Phi) is 3.64. The predicted molar refractivity (Wildman–Crippen MR) is 76.1 cm³/mol. The normalized spacial score (nSPS) is 31.3. The van der Waals surface area contributed by atoms with E-state index in [0.717, 1.165) is 13.2 Å². The highest BCUT2D eigenvalue weighted by Crippen LogP contribution is 2.36. The van der Waals surface area contributed by atoms with Crippen LogP contribution in [0.4, 0.5) is 0 Å². The molecule has 2 atom stereocenters. The van der Waals surface area contributed by atoms with Crippen molar-refractivity contribution in [2.75, 3.05) is 18.9 Å². The van der Waals surface area contributed by atoms with Crippen LogP contribution in [0.2, 0.25) is 0 Å². The summed E-state index contributed by atoms with van der Waals surface area (Å²) in [4.78, 5) is 1.44. The van der Waals surface area contributed by atoms with E-state index < -0.39 is 0 Å². The van der Waals surface area contributed by atoms with Gasteiger partial charge in [-0.25, -0.2) is 0 Å². The molecule has 0 spiro atoms. The molecule has 2 unspecified atom stereocenters. The Morgan fingerprint density at radius 2 is 2.33 bits per heavy atom. The van der Waals surface area contributed by atoms with Crippen molar-refractivity contribution < 1.29 is 4.74 Å². The molecule has 2 nitrogen and oxygen atoms in total. The fourth-order valence-electron chi connectivity index (χ4n) is 2.87. The maximum atomic E-state index is 5.85. The molecular weight excluding hydrogens is 242 g/mol. The molecule has 1 aromatic rings. The summed E-state index contributed by atoms with van der Waals surface area (Å²) in [6.45, 7) is 4.13. The zero-order valence-electron chi connectivity index (χ0n) is 10.9. The standard InChI is InChI=1S/C15H21NOS/c1-15(8-4-9-17-15)11-16-13-7-10-18-14-6-3-2-5-12(13)14/h2-3,5-6,13,16H,4,7-11H2,1H3. The van der Waals surface area contributed by atoms with Gasteiger partial charge in [0, 0.05) is 24.1 Å². The van der Waals surface area contributed by atoms with E-state index >= 15 is 0 Å². The third-order valence-electron chi connectivity index (χ3n) is 3.98. The van der Waals surface area contributed by atoms with Crippen molar-refractivity contribution in [1.82, 2.24) is 5.32 Å². The van der Waals surface area contributed by atoms with Crippen molar-refractivity contribution in [1.29, 1.82) is 0 Å².